The number of hydrogen-bond donors (Lipinski definition) is 0. The monoisotopic (exact) mass is 332 g/mol. The first-order chi connectivity index (χ1) is 11.9. The number of nitrogens with zero attached hydrogens (tertiary/aromatic N) is 1. The minimum absolute atomic E-state index is 1.14. The average Bonchev–Trinajstić information content (AvgIpc) is 2.62. The maximum Gasteiger partial charge on any atom is 0.171 e. The standard InChI is InChI=1S/C23H42N/c1-3-5-6-7-8-9-10-11-12-13-14-15-16-17-20-24-21-18-19-23(4-2)22-24/h18-19,21-22H,3-17,20H2,1-2H3/q+1. The van der Waals surface area contributed by atoms with Crippen molar-refractivity contribution >= 4 is 0 Å². The maximum absolute atomic E-state index is 2.36. The normalized spacial score (nSPS) is 11.1. The van der Waals surface area contributed by atoms with Gasteiger partial charge in [-0.3, -0.25) is 0 Å². The summed E-state index contributed by atoms with van der Waals surface area (Å²) in [6, 6.07) is 4.41. The zero-order valence-electron chi connectivity index (χ0n) is 16.6. The van der Waals surface area contributed by atoms with Gasteiger partial charge in [0.15, 0.2) is 12.4 Å². The van der Waals surface area contributed by atoms with Crippen molar-refractivity contribution in [1.29, 1.82) is 0 Å². The molecule has 0 aliphatic rings. The molecular weight excluding hydrogens is 290 g/mol. The predicted molar refractivity (Wildman–Crippen MR) is 106 cm³/mol. The molecule has 0 aliphatic heterocycles. The van der Waals surface area contributed by atoms with Gasteiger partial charge < -0.3 is 0 Å². The maximum atomic E-state index is 2.36. The van der Waals surface area contributed by atoms with Gasteiger partial charge in [-0.15, -0.1) is 0 Å². The van der Waals surface area contributed by atoms with E-state index < -0.39 is 0 Å². The molecule has 1 nitrogen and oxygen atoms in total. The van der Waals surface area contributed by atoms with Crippen molar-refractivity contribution in [3.05, 3.63) is 30.1 Å². The Morgan fingerprint density at radius 2 is 1.17 bits per heavy atom. The van der Waals surface area contributed by atoms with Crippen LogP contribution in [0.2, 0.25) is 0 Å². The Morgan fingerprint density at radius 1 is 0.667 bits per heavy atom. The molecule has 0 saturated heterocycles. The Kier molecular flexibility index (Phi) is 13.8. The lowest BCUT2D eigenvalue weighted by Gasteiger charge is -2.03. The van der Waals surface area contributed by atoms with Crippen LogP contribution in [0, 0.1) is 0 Å². The number of hydrogen-bond acceptors (Lipinski definition) is 0. The molecule has 0 radical (unpaired) electrons. The highest BCUT2D eigenvalue weighted by Crippen LogP contribution is 2.12. The largest absolute Gasteiger partial charge is 0.205 e. The fraction of sp³-hybridized carbons (Fsp3) is 0.783. The molecule has 0 unspecified atom stereocenters. The van der Waals surface area contributed by atoms with Gasteiger partial charge in [-0.2, -0.15) is 0 Å². The van der Waals surface area contributed by atoms with E-state index in [0.29, 0.717) is 0 Å². The van der Waals surface area contributed by atoms with Crippen LogP contribution in [0.3, 0.4) is 0 Å². The van der Waals surface area contributed by atoms with Crippen LogP contribution in [-0.4, -0.2) is 0 Å². The van der Waals surface area contributed by atoms with Crippen molar-refractivity contribution in [3.63, 3.8) is 0 Å². The van der Waals surface area contributed by atoms with Crippen molar-refractivity contribution in [3.8, 4) is 0 Å². The van der Waals surface area contributed by atoms with E-state index in [4.69, 9.17) is 0 Å². The van der Waals surface area contributed by atoms with Crippen LogP contribution in [0.1, 0.15) is 109 Å². The predicted octanol–water partition coefficient (Wildman–Crippen LogP) is 7.02. The van der Waals surface area contributed by atoms with Crippen LogP contribution >= 0.6 is 0 Å². The van der Waals surface area contributed by atoms with Gasteiger partial charge in [0, 0.05) is 18.1 Å². The summed E-state index contributed by atoms with van der Waals surface area (Å²) in [6.07, 6.45) is 25.7. The second-order valence-corrected chi connectivity index (χ2v) is 7.40. The third-order valence-corrected chi connectivity index (χ3v) is 5.10. The third kappa shape index (κ3) is 11.6. The molecule has 0 aliphatic carbocycles. The molecule has 0 atom stereocenters. The van der Waals surface area contributed by atoms with Gasteiger partial charge in [0.05, 0.1) is 0 Å². The topological polar surface area (TPSA) is 3.88 Å². The minimum Gasteiger partial charge on any atom is -0.205 e. The molecule has 0 fully saturated rings. The zero-order valence-corrected chi connectivity index (χ0v) is 16.6. The van der Waals surface area contributed by atoms with Crippen LogP contribution in [0.5, 0.6) is 0 Å². The van der Waals surface area contributed by atoms with E-state index in [1.54, 1.807) is 0 Å². The first-order valence-corrected chi connectivity index (χ1v) is 10.8. The highest BCUT2D eigenvalue weighted by Gasteiger charge is 2.01. The molecule has 0 aromatic carbocycles. The van der Waals surface area contributed by atoms with Gasteiger partial charge >= 0.3 is 0 Å². The van der Waals surface area contributed by atoms with Crippen molar-refractivity contribution in [1.82, 2.24) is 0 Å². The van der Waals surface area contributed by atoms with Crippen LogP contribution < -0.4 is 4.57 Å². The smallest absolute Gasteiger partial charge is 0.171 e. The summed E-state index contributed by atoms with van der Waals surface area (Å²) in [4.78, 5) is 0. The molecule has 1 aromatic heterocycles. The van der Waals surface area contributed by atoms with Crippen molar-refractivity contribution in [2.75, 3.05) is 0 Å². The Labute approximate surface area is 151 Å². The lowest BCUT2D eigenvalue weighted by atomic mass is 10.0. The highest BCUT2D eigenvalue weighted by molar-refractivity contribution is 5.04. The van der Waals surface area contributed by atoms with Gasteiger partial charge in [0.1, 0.15) is 6.54 Å². The molecule has 1 heterocycles. The molecule has 1 aromatic rings. The molecule has 24 heavy (non-hydrogen) atoms. The number of aryl methyl sites for hydroxylation is 2. The molecule has 0 amide bonds. The quantitative estimate of drug-likeness (QED) is 0.226. The Bertz CT molecular complexity index is 385. The molecule has 1 rings (SSSR count). The highest BCUT2D eigenvalue weighted by atomic mass is 14.9. The minimum atomic E-state index is 1.14. The van der Waals surface area contributed by atoms with Crippen molar-refractivity contribution in [2.24, 2.45) is 0 Å². The first-order valence-electron chi connectivity index (χ1n) is 10.8. The molecule has 0 spiro atoms. The summed E-state index contributed by atoms with van der Waals surface area (Å²) in [6.45, 7) is 5.71. The van der Waals surface area contributed by atoms with Gasteiger partial charge in [-0.25, -0.2) is 4.57 Å². The van der Waals surface area contributed by atoms with Crippen LogP contribution in [0.25, 0.3) is 0 Å². The first kappa shape index (κ1) is 21.2. The molecule has 0 N–H and O–H groups in total. The Hall–Kier alpha value is -0.850. The van der Waals surface area contributed by atoms with Crippen LogP contribution in [-0.2, 0) is 13.0 Å². The summed E-state index contributed by atoms with van der Waals surface area (Å²) >= 11 is 0. The lowest BCUT2D eigenvalue weighted by Crippen LogP contribution is -2.33. The fourth-order valence-corrected chi connectivity index (χ4v) is 3.41. The van der Waals surface area contributed by atoms with E-state index >= 15 is 0 Å². The molecule has 0 saturated carbocycles. The van der Waals surface area contributed by atoms with E-state index in [2.05, 4.69) is 42.9 Å². The zero-order chi connectivity index (χ0) is 17.3. The van der Waals surface area contributed by atoms with E-state index in [9.17, 15) is 0 Å². The fourth-order valence-electron chi connectivity index (χ4n) is 3.41. The van der Waals surface area contributed by atoms with E-state index in [1.165, 1.54) is 102 Å². The third-order valence-electron chi connectivity index (χ3n) is 5.10. The number of unbranched alkanes of at least 4 members (excludes halogenated alkanes) is 13. The molecule has 1 heteroatoms. The van der Waals surface area contributed by atoms with Crippen molar-refractivity contribution in [2.45, 2.75) is 117 Å². The van der Waals surface area contributed by atoms with E-state index in [-0.39, 0.29) is 0 Å². The molecule has 0 bridgehead atoms. The van der Waals surface area contributed by atoms with Crippen LogP contribution in [0.4, 0.5) is 0 Å². The molecular formula is C23H42N+. The van der Waals surface area contributed by atoms with Gasteiger partial charge in [0.2, 0.25) is 0 Å². The summed E-state index contributed by atoms with van der Waals surface area (Å²) in [5.41, 5.74) is 1.45. The van der Waals surface area contributed by atoms with Gasteiger partial charge in [-0.1, -0.05) is 90.9 Å². The second-order valence-electron chi connectivity index (χ2n) is 7.40. The number of pyridine rings is 1. The van der Waals surface area contributed by atoms with E-state index in [0.717, 1.165) is 6.42 Å². The summed E-state index contributed by atoms with van der Waals surface area (Å²) in [5, 5.41) is 0. The Balaban J connectivity index is 1.82. The van der Waals surface area contributed by atoms with Crippen molar-refractivity contribution < 1.29 is 4.57 Å². The number of aromatic nitrogens is 1. The van der Waals surface area contributed by atoms with E-state index in [1.807, 2.05) is 0 Å². The van der Waals surface area contributed by atoms with Crippen LogP contribution in [0.15, 0.2) is 24.5 Å². The summed E-state index contributed by atoms with van der Waals surface area (Å²) in [7, 11) is 0. The number of rotatable bonds is 16. The second kappa shape index (κ2) is 15.7. The summed E-state index contributed by atoms with van der Waals surface area (Å²) in [5.74, 6) is 0. The Morgan fingerprint density at radius 3 is 1.67 bits per heavy atom. The summed E-state index contributed by atoms with van der Waals surface area (Å²) < 4.78 is 2.36. The van der Waals surface area contributed by atoms with Gasteiger partial charge in [-0.05, 0) is 18.9 Å². The SMILES string of the molecule is CCCCCCCCCCCCCCCC[n+]1cccc(CC)c1. The molecule has 138 valence electrons. The lowest BCUT2D eigenvalue weighted by molar-refractivity contribution is -0.697. The van der Waals surface area contributed by atoms with Gasteiger partial charge in [0.25, 0.3) is 0 Å². The average molecular weight is 333 g/mol.